The maximum Gasteiger partial charge on any atom is 0.124 e. The fourth-order valence-electron chi connectivity index (χ4n) is 7.70. The van der Waals surface area contributed by atoms with Crippen molar-refractivity contribution in [2.75, 3.05) is 0 Å². The van der Waals surface area contributed by atoms with Crippen molar-refractivity contribution in [1.29, 1.82) is 0 Å². The summed E-state index contributed by atoms with van der Waals surface area (Å²) >= 11 is 3.92. The second kappa shape index (κ2) is 5.55. The zero-order chi connectivity index (χ0) is 17.3. The highest BCUT2D eigenvalue weighted by Gasteiger charge is 2.64. The van der Waals surface area contributed by atoms with Gasteiger partial charge >= 0.3 is 0 Å². The second-order valence-electron chi connectivity index (χ2n) is 10.1. The van der Waals surface area contributed by atoms with E-state index in [2.05, 4.69) is 36.7 Å². The lowest BCUT2D eigenvalue weighted by atomic mass is 9.44. The Morgan fingerprint density at radius 3 is 2.33 bits per heavy atom. The molecule has 4 fully saturated rings. The van der Waals surface area contributed by atoms with Gasteiger partial charge in [-0.3, -0.25) is 0 Å². The number of alkyl halides is 1. The van der Waals surface area contributed by atoms with Crippen molar-refractivity contribution in [2.24, 2.45) is 40.4 Å². The van der Waals surface area contributed by atoms with Crippen LogP contribution in [0.25, 0.3) is 0 Å². The maximum absolute atomic E-state index is 11.4. The fourth-order valence-corrected chi connectivity index (χ4v) is 8.96. The Bertz CT molecular complexity index is 532. The number of carbonyl (C=O) groups is 1. The molecule has 4 aliphatic rings. The summed E-state index contributed by atoms with van der Waals surface area (Å²) in [5.74, 6) is 3.12. The van der Waals surface area contributed by atoms with Crippen molar-refractivity contribution in [1.82, 2.24) is 0 Å². The topological polar surface area (TPSA) is 37.3 Å². The summed E-state index contributed by atoms with van der Waals surface area (Å²) < 4.78 is 0. The van der Waals surface area contributed by atoms with Gasteiger partial charge < -0.3 is 9.90 Å². The van der Waals surface area contributed by atoms with Gasteiger partial charge in [0.1, 0.15) is 6.29 Å². The predicted octanol–water partition coefficient (Wildman–Crippen LogP) is 4.97. The Morgan fingerprint density at radius 1 is 0.917 bits per heavy atom. The lowest BCUT2D eigenvalue weighted by Gasteiger charge is -2.62. The van der Waals surface area contributed by atoms with Crippen LogP contribution in [0.3, 0.4) is 0 Å². The molecular weight excluding hydrogens is 364 g/mol. The number of carbonyl (C=O) groups excluding carboxylic acids is 1. The van der Waals surface area contributed by atoms with Gasteiger partial charge in [-0.05, 0) is 92.8 Å². The molecule has 0 radical (unpaired) electrons. The van der Waals surface area contributed by atoms with Gasteiger partial charge in [0.05, 0.1) is 5.60 Å². The first-order valence-corrected chi connectivity index (χ1v) is 11.0. The Labute approximate surface area is 155 Å². The molecule has 2 nitrogen and oxygen atoms in total. The second-order valence-corrected chi connectivity index (χ2v) is 11.2. The largest absolute Gasteiger partial charge is 0.390 e. The molecule has 0 aromatic heterocycles. The molecule has 0 saturated heterocycles. The van der Waals surface area contributed by atoms with Gasteiger partial charge in [-0.15, -0.1) is 0 Å². The van der Waals surface area contributed by atoms with Gasteiger partial charge in [-0.1, -0.05) is 29.8 Å². The number of hydrogen-bond donors (Lipinski definition) is 1. The summed E-state index contributed by atoms with van der Waals surface area (Å²) in [5.41, 5.74) is 0.0189. The molecule has 0 aromatic carbocycles. The highest BCUT2D eigenvalue weighted by molar-refractivity contribution is 9.09. The molecule has 0 heterocycles. The van der Waals surface area contributed by atoms with Crippen LogP contribution in [0.2, 0.25) is 0 Å². The van der Waals surface area contributed by atoms with Crippen molar-refractivity contribution < 1.29 is 9.90 Å². The highest BCUT2D eigenvalue weighted by atomic mass is 79.9. The first-order chi connectivity index (χ1) is 11.2. The molecule has 0 bridgehead atoms. The van der Waals surface area contributed by atoms with E-state index in [1.165, 1.54) is 44.8 Å². The fraction of sp³-hybridized carbons (Fsp3) is 0.952. The van der Waals surface area contributed by atoms with Crippen LogP contribution >= 0.6 is 15.9 Å². The molecule has 3 unspecified atom stereocenters. The molecule has 24 heavy (non-hydrogen) atoms. The minimum atomic E-state index is -0.479. The molecule has 4 rings (SSSR count). The van der Waals surface area contributed by atoms with Gasteiger partial charge in [0.25, 0.3) is 0 Å². The quantitative estimate of drug-likeness (QED) is 0.501. The third-order valence-corrected chi connectivity index (χ3v) is 10.8. The molecule has 0 aliphatic heterocycles. The van der Waals surface area contributed by atoms with Crippen molar-refractivity contribution >= 4 is 22.2 Å². The van der Waals surface area contributed by atoms with Crippen molar-refractivity contribution in [3.05, 3.63) is 0 Å². The van der Waals surface area contributed by atoms with Crippen LogP contribution in [0.5, 0.6) is 0 Å². The zero-order valence-electron chi connectivity index (χ0n) is 15.4. The third kappa shape index (κ3) is 2.12. The minimum Gasteiger partial charge on any atom is -0.390 e. The van der Waals surface area contributed by atoms with Crippen molar-refractivity contribution in [2.45, 2.75) is 82.6 Å². The van der Waals surface area contributed by atoms with E-state index in [4.69, 9.17) is 0 Å². The molecule has 136 valence electrons. The van der Waals surface area contributed by atoms with Crippen LogP contribution in [0.1, 0.15) is 72.1 Å². The Kier molecular flexibility index (Phi) is 4.05. The molecule has 1 N–H and O–H groups in total. The van der Waals surface area contributed by atoms with Crippen molar-refractivity contribution in [3.8, 4) is 0 Å². The molecule has 0 spiro atoms. The van der Waals surface area contributed by atoms with E-state index < -0.39 is 5.60 Å². The van der Waals surface area contributed by atoms with Gasteiger partial charge in [0.2, 0.25) is 0 Å². The van der Waals surface area contributed by atoms with E-state index in [1.807, 2.05) is 0 Å². The molecule has 0 amide bonds. The van der Waals surface area contributed by atoms with Crippen LogP contribution in [-0.2, 0) is 4.79 Å². The Balaban J connectivity index is 1.64. The van der Waals surface area contributed by atoms with Crippen LogP contribution < -0.4 is 0 Å². The number of fused-ring (bicyclic) bond motifs is 5. The zero-order valence-corrected chi connectivity index (χ0v) is 17.0. The summed E-state index contributed by atoms with van der Waals surface area (Å²) in [4.78, 5) is 11.8. The normalized spacial score (nSPS) is 60.0. The average Bonchev–Trinajstić information content (AvgIpc) is 2.78. The molecule has 3 heteroatoms. The smallest absolute Gasteiger partial charge is 0.124 e. The summed E-state index contributed by atoms with van der Waals surface area (Å²) in [5, 5.41) is 11.0. The lowest BCUT2D eigenvalue weighted by Crippen LogP contribution is -2.57. The standard InChI is InChI=1S/C21H33BrO2/c1-19-9-6-13(12-23)18(22)17(19)5-4-14-15(19)7-10-20(2)16(14)8-11-21(20,3)24/h12-18,24H,4-11H2,1-3H3/t13?,14-,15+,16+,17?,18?,19-,20+,21-/m1/s1. The first kappa shape index (κ1) is 17.5. The van der Waals surface area contributed by atoms with Gasteiger partial charge in [-0.2, -0.15) is 0 Å². The van der Waals surface area contributed by atoms with E-state index in [0.717, 1.165) is 24.7 Å². The number of halogens is 1. The summed E-state index contributed by atoms with van der Waals surface area (Å²) in [6.45, 7) is 6.98. The van der Waals surface area contributed by atoms with Crippen LogP contribution in [-0.4, -0.2) is 21.8 Å². The van der Waals surface area contributed by atoms with Crippen molar-refractivity contribution in [3.63, 3.8) is 0 Å². The van der Waals surface area contributed by atoms with E-state index >= 15 is 0 Å². The summed E-state index contributed by atoms with van der Waals surface area (Å²) in [7, 11) is 0. The van der Waals surface area contributed by atoms with Gasteiger partial charge in [-0.25, -0.2) is 0 Å². The molecule has 0 aromatic rings. The van der Waals surface area contributed by atoms with E-state index in [0.29, 0.717) is 22.1 Å². The molecule has 9 atom stereocenters. The number of aliphatic hydroxyl groups is 1. The summed E-state index contributed by atoms with van der Waals surface area (Å²) in [6.07, 6.45) is 10.6. The summed E-state index contributed by atoms with van der Waals surface area (Å²) in [6, 6.07) is 0. The number of aldehydes is 1. The average molecular weight is 397 g/mol. The van der Waals surface area contributed by atoms with Gasteiger partial charge in [0.15, 0.2) is 0 Å². The Hall–Kier alpha value is 0.110. The monoisotopic (exact) mass is 396 g/mol. The first-order valence-electron chi connectivity index (χ1n) is 10.1. The SMILES string of the molecule is C[C@]12CCC(C=O)C(Br)C1CC[C@@H]1[C@@H]2CC[C@@]2(C)[C@H]1CC[C@@]2(C)O. The lowest BCUT2D eigenvalue weighted by molar-refractivity contribution is -0.148. The van der Waals surface area contributed by atoms with Crippen LogP contribution in [0, 0.1) is 40.4 Å². The molecule has 4 saturated carbocycles. The molecule has 4 aliphatic carbocycles. The van der Waals surface area contributed by atoms with E-state index in [1.54, 1.807) is 0 Å². The predicted molar refractivity (Wildman–Crippen MR) is 100 cm³/mol. The highest BCUT2D eigenvalue weighted by Crippen LogP contribution is 2.68. The Morgan fingerprint density at radius 2 is 1.62 bits per heavy atom. The third-order valence-electron chi connectivity index (χ3n) is 9.49. The van der Waals surface area contributed by atoms with Crippen LogP contribution in [0.4, 0.5) is 0 Å². The van der Waals surface area contributed by atoms with E-state index in [9.17, 15) is 9.90 Å². The maximum atomic E-state index is 11.4. The molecular formula is C21H33BrO2. The van der Waals surface area contributed by atoms with Crippen LogP contribution in [0.15, 0.2) is 0 Å². The number of hydrogen-bond acceptors (Lipinski definition) is 2. The number of rotatable bonds is 1. The van der Waals surface area contributed by atoms with E-state index in [-0.39, 0.29) is 11.3 Å². The minimum absolute atomic E-state index is 0.116. The van der Waals surface area contributed by atoms with Gasteiger partial charge in [0, 0.05) is 10.7 Å².